The minimum atomic E-state index is -5.34. The van der Waals surface area contributed by atoms with Crippen molar-refractivity contribution < 1.29 is 35.0 Å². The van der Waals surface area contributed by atoms with Gasteiger partial charge in [-0.15, -0.1) is 0 Å². The highest BCUT2D eigenvalue weighted by Crippen LogP contribution is 2.34. The van der Waals surface area contributed by atoms with Crippen LogP contribution in [-0.4, -0.2) is 61.2 Å². The van der Waals surface area contributed by atoms with E-state index in [-0.39, 0.29) is 6.92 Å². The van der Waals surface area contributed by atoms with E-state index in [9.17, 15) is 30.5 Å². The maximum absolute atomic E-state index is 12.1. The highest BCUT2D eigenvalue weighted by atomic mass is 32.2. The van der Waals surface area contributed by atoms with Gasteiger partial charge in [0.15, 0.2) is 0 Å². The summed E-state index contributed by atoms with van der Waals surface area (Å²) < 4.78 is 78.4. The van der Waals surface area contributed by atoms with E-state index in [1.807, 2.05) is 0 Å². The van der Waals surface area contributed by atoms with Crippen LogP contribution in [0, 0.1) is 0 Å². The fourth-order valence-corrected chi connectivity index (χ4v) is 2.39. The quantitative estimate of drug-likeness (QED) is 0.407. The van der Waals surface area contributed by atoms with Gasteiger partial charge in [-0.1, -0.05) is 0 Å². The molecule has 0 aliphatic rings. The Balaban J connectivity index is 0. The van der Waals surface area contributed by atoms with Crippen LogP contribution in [0.3, 0.4) is 0 Å². The molecule has 21 heavy (non-hydrogen) atoms. The third-order valence-electron chi connectivity index (χ3n) is 3.68. The molecule has 9 heteroatoms. The number of quaternary nitrogens is 1. The van der Waals surface area contributed by atoms with E-state index in [0.29, 0.717) is 0 Å². The maximum atomic E-state index is 12.1. The Bertz CT molecular complexity index is 372. The minimum absolute atomic E-state index is 0.155. The molecule has 0 unspecified atom stereocenters. The Kier molecular flexibility index (Phi) is 9.02. The fraction of sp³-hybridized carbons (Fsp3) is 1.00. The van der Waals surface area contributed by atoms with E-state index in [0.717, 1.165) is 0 Å². The van der Waals surface area contributed by atoms with E-state index < -0.39 is 27.7 Å². The van der Waals surface area contributed by atoms with Crippen molar-refractivity contribution in [3.05, 3.63) is 0 Å². The molecule has 4 nitrogen and oxygen atoms in total. The number of halogens is 4. The van der Waals surface area contributed by atoms with Crippen LogP contribution >= 0.6 is 0 Å². The van der Waals surface area contributed by atoms with Crippen LogP contribution < -0.4 is 0 Å². The van der Waals surface area contributed by atoms with Crippen molar-refractivity contribution in [2.45, 2.75) is 46.5 Å². The Hall–Kier alpha value is -0.410. The van der Waals surface area contributed by atoms with Crippen molar-refractivity contribution in [1.29, 1.82) is 0 Å². The third-order valence-corrected chi connectivity index (χ3v) is 4.40. The Morgan fingerprint density at radius 1 is 0.905 bits per heavy atom. The predicted molar refractivity (Wildman–Crippen MR) is 72.6 cm³/mol. The Morgan fingerprint density at radius 2 is 1.19 bits per heavy atom. The zero-order valence-electron chi connectivity index (χ0n) is 13.1. The molecule has 0 N–H and O–H groups in total. The number of rotatable bonds is 7. The molecule has 0 aromatic rings. The van der Waals surface area contributed by atoms with Gasteiger partial charge in [-0.25, -0.2) is 17.2 Å². The second kappa shape index (κ2) is 8.28. The first kappa shape index (κ1) is 22.9. The Labute approximate surface area is 124 Å². The monoisotopic (exact) mass is 339 g/mol. The molecule has 0 heterocycles. The number of hydrogen-bond acceptors (Lipinski definition) is 3. The third kappa shape index (κ3) is 8.57. The SMILES string of the molecule is CC(F)(F)C(F)(F)CS(=O)(=O)[O-].CC[N+](CC)(CC)CC. The van der Waals surface area contributed by atoms with Crippen LogP contribution in [0.4, 0.5) is 17.6 Å². The van der Waals surface area contributed by atoms with Gasteiger partial charge >= 0.3 is 11.8 Å². The van der Waals surface area contributed by atoms with Gasteiger partial charge in [0.25, 0.3) is 0 Å². The van der Waals surface area contributed by atoms with Gasteiger partial charge in [-0.3, -0.25) is 0 Å². The number of nitrogens with zero attached hydrogens (tertiary/aromatic N) is 1. The van der Waals surface area contributed by atoms with Crippen LogP contribution in [0.2, 0.25) is 0 Å². The summed E-state index contributed by atoms with van der Waals surface area (Å²) in [6.07, 6.45) is 0. The first-order valence-electron chi connectivity index (χ1n) is 6.74. The lowest BCUT2D eigenvalue weighted by atomic mass is 10.2. The van der Waals surface area contributed by atoms with Crippen molar-refractivity contribution in [2.24, 2.45) is 0 Å². The molecule has 0 aliphatic carbocycles. The van der Waals surface area contributed by atoms with E-state index in [1.54, 1.807) is 0 Å². The predicted octanol–water partition coefficient (Wildman–Crippen LogP) is 2.70. The fourth-order valence-electron chi connectivity index (χ4n) is 1.69. The highest BCUT2D eigenvalue weighted by Gasteiger charge is 2.53. The van der Waals surface area contributed by atoms with Crippen LogP contribution in [0.1, 0.15) is 34.6 Å². The molecule has 0 rings (SSSR count). The summed E-state index contributed by atoms with van der Waals surface area (Å²) in [5.41, 5.74) is 0. The molecule has 0 spiro atoms. The molecular formula is C12H25F4NO3S. The smallest absolute Gasteiger partial charge is 0.322 e. The molecule has 0 aliphatic heterocycles. The average Bonchev–Trinajstić information content (AvgIpc) is 2.29. The van der Waals surface area contributed by atoms with Gasteiger partial charge in [0, 0.05) is 6.92 Å². The molecule has 0 atom stereocenters. The molecule has 0 fully saturated rings. The molecule has 0 aromatic heterocycles. The second-order valence-electron chi connectivity index (χ2n) is 4.90. The van der Waals surface area contributed by atoms with E-state index in [2.05, 4.69) is 27.7 Å². The van der Waals surface area contributed by atoms with Crippen molar-refractivity contribution in [1.82, 2.24) is 0 Å². The van der Waals surface area contributed by atoms with Crippen LogP contribution in [0.15, 0.2) is 0 Å². The molecule has 0 saturated carbocycles. The van der Waals surface area contributed by atoms with Crippen LogP contribution in [-0.2, 0) is 10.1 Å². The lowest BCUT2D eigenvalue weighted by Gasteiger charge is -2.34. The lowest BCUT2D eigenvalue weighted by Crippen LogP contribution is -2.47. The van der Waals surface area contributed by atoms with Gasteiger partial charge < -0.3 is 9.04 Å². The molecule has 0 radical (unpaired) electrons. The van der Waals surface area contributed by atoms with E-state index in [1.165, 1.54) is 30.7 Å². The van der Waals surface area contributed by atoms with Crippen molar-refractivity contribution in [3.8, 4) is 0 Å². The Morgan fingerprint density at radius 3 is 1.24 bits per heavy atom. The summed E-state index contributed by atoms with van der Waals surface area (Å²) in [6.45, 7) is 14.1. The first-order chi connectivity index (χ1) is 9.20. The van der Waals surface area contributed by atoms with Crippen molar-refractivity contribution >= 4 is 10.1 Å². The maximum Gasteiger partial charge on any atom is 0.322 e. The molecule has 0 aromatic carbocycles. The lowest BCUT2D eigenvalue weighted by molar-refractivity contribution is -0.921. The number of alkyl halides is 4. The second-order valence-corrected chi connectivity index (χ2v) is 6.31. The minimum Gasteiger partial charge on any atom is -0.748 e. The molecular weight excluding hydrogens is 314 g/mol. The van der Waals surface area contributed by atoms with Crippen molar-refractivity contribution in [2.75, 3.05) is 31.9 Å². The summed E-state index contributed by atoms with van der Waals surface area (Å²) >= 11 is 0. The van der Waals surface area contributed by atoms with Crippen LogP contribution in [0.5, 0.6) is 0 Å². The molecule has 0 saturated heterocycles. The molecule has 130 valence electrons. The molecule has 0 amide bonds. The van der Waals surface area contributed by atoms with Gasteiger partial charge in [-0.2, -0.15) is 8.78 Å². The summed E-state index contributed by atoms with van der Waals surface area (Å²) in [4.78, 5) is 0. The molecule has 0 bridgehead atoms. The van der Waals surface area contributed by atoms with E-state index >= 15 is 0 Å². The topological polar surface area (TPSA) is 57.2 Å². The summed E-state index contributed by atoms with van der Waals surface area (Å²) in [5, 5.41) is 0. The number of hydrogen-bond donors (Lipinski definition) is 0. The first-order valence-corrected chi connectivity index (χ1v) is 8.32. The van der Waals surface area contributed by atoms with E-state index in [4.69, 9.17) is 0 Å². The van der Waals surface area contributed by atoms with Gasteiger partial charge in [0.1, 0.15) is 15.9 Å². The average molecular weight is 339 g/mol. The zero-order valence-corrected chi connectivity index (χ0v) is 13.9. The normalized spacial score (nSPS) is 13.6. The van der Waals surface area contributed by atoms with Crippen LogP contribution in [0.25, 0.3) is 0 Å². The summed E-state index contributed by atoms with van der Waals surface area (Å²) in [5.74, 6) is -11.7. The van der Waals surface area contributed by atoms with Gasteiger partial charge in [0.05, 0.1) is 26.2 Å². The standard InChI is InChI=1S/C8H20N.C4H6F4O3S/c1-5-9(6-2,7-3)8-4;1-3(5,6)4(7,8)2-12(9,10)11/h5-8H2,1-4H3;2H2,1H3,(H,9,10,11)/q+1;/p-1. The van der Waals surface area contributed by atoms with Gasteiger partial charge in [0.2, 0.25) is 0 Å². The largest absolute Gasteiger partial charge is 0.748 e. The summed E-state index contributed by atoms with van der Waals surface area (Å²) in [7, 11) is -5.34. The van der Waals surface area contributed by atoms with Crippen molar-refractivity contribution in [3.63, 3.8) is 0 Å². The zero-order chi connectivity index (χ0) is 17.5. The van der Waals surface area contributed by atoms with Gasteiger partial charge in [-0.05, 0) is 27.7 Å². The highest BCUT2D eigenvalue weighted by molar-refractivity contribution is 7.85. The summed E-state index contributed by atoms with van der Waals surface area (Å²) in [6, 6.07) is 0.